The third-order valence-electron chi connectivity index (χ3n) is 2.61. The number of halogens is 4. The van der Waals surface area contributed by atoms with Gasteiger partial charge in [-0.3, -0.25) is 0 Å². The van der Waals surface area contributed by atoms with Crippen LogP contribution in [-0.4, -0.2) is 11.5 Å². The van der Waals surface area contributed by atoms with Crippen LogP contribution in [0.15, 0.2) is 53.0 Å². The van der Waals surface area contributed by atoms with Gasteiger partial charge in [0.2, 0.25) is 0 Å². The number of hydrogen-bond acceptors (Lipinski definition) is 2. The van der Waals surface area contributed by atoms with E-state index in [-0.39, 0.29) is 5.56 Å². The zero-order valence-electron chi connectivity index (χ0n) is 10.1. The van der Waals surface area contributed by atoms with Crippen LogP contribution in [0.2, 0.25) is 0 Å². The third-order valence-corrected chi connectivity index (χ3v) is 3.10. The van der Waals surface area contributed by atoms with Gasteiger partial charge in [-0.1, -0.05) is 52.3 Å². The van der Waals surface area contributed by atoms with E-state index >= 15 is 0 Å². The van der Waals surface area contributed by atoms with Crippen molar-refractivity contribution < 1.29 is 23.0 Å². The lowest BCUT2D eigenvalue weighted by Crippen LogP contribution is -2.19. The predicted molar refractivity (Wildman–Crippen MR) is 71.3 cm³/mol. The maximum atomic E-state index is 12.4. The Kier molecular flexibility index (Phi) is 4.35. The number of benzene rings is 2. The van der Waals surface area contributed by atoms with Gasteiger partial charge in [0.25, 0.3) is 0 Å². The molecule has 1 N–H and O–H groups in total. The van der Waals surface area contributed by atoms with E-state index in [4.69, 9.17) is 0 Å². The minimum absolute atomic E-state index is 0.0525. The third kappa shape index (κ3) is 3.74. The van der Waals surface area contributed by atoms with Gasteiger partial charge in [-0.2, -0.15) is 0 Å². The van der Waals surface area contributed by atoms with Crippen LogP contribution >= 0.6 is 15.9 Å². The quantitative estimate of drug-likeness (QED) is 0.890. The van der Waals surface area contributed by atoms with Gasteiger partial charge in [-0.15, -0.1) is 13.2 Å². The van der Waals surface area contributed by atoms with Crippen molar-refractivity contribution in [2.75, 3.05) is 0 Å². The molecular formula is C14H10BrF3O2. The number of hydrogen-bond donors (Lipinski definition) is 1. The van der Waals surface area contributed by atoms with Crippen molar-refractivity contribution in [3.8, 4) is 5.75 Å². The molecule has 20 heavy (non-hydrogen) atoms. The van der Waals surface area contributed by atoms with Crippen LogP contribution in [-0.2, 0) is 0 Å². The fourth-order valence-corrected chi connectivity index (χ4v) is 2.10. The van der Waals surface area contributed by atoms with Crippen LogP contribution < -0.4 is 4.74 Å². The number of aliphatic hydroxyl groups is 1. The average molecular weight is 347 g/mol. The van der Waals surface area contributed by atoms with Crippen molar-refractivity contribution in [1.29, 1.82) is 0 Å². The first-order valence-corrected chi connectivity index (χ1v) is 6.44. The normalized spacial score (nSPS) is 13.1. The van der Waals surface area contributed by atoms with Crippen molar-refractivity contribution >= 4 is 15.9 Å². The fourth-order valence-electron chi connectivity index (χ4n) is 1.76. The van der Waals surface area contributed by atoms with E-state index in [1.165, 1.54) is 12.1 Å². The summed E-state index contributed by atoms with van der Waals surface area (Å²) in [5, 5.41) is 10.2. The molecule has 2 aromatic rings. The van der Waals surface area contributed by atoms with Gasteiger partial charge in [0, 0.05) is 10.0 Å². The first-order chi connectivity index (χ1) is 9.37. The van der Waals surface area contributed by atoms with E-state index in [9.17, 15) is 18.3 Å². The molecule has 2 nitrogen and oxygen atoms in total. The molecule has 0 spiro atoms. The lowest BCUT2D eigenvalue weighted by atomic mass is 10.0. The smallest absolute Gasteiger partial charge is 0.405 e. The van der Waals surface area contributed by atoms with E-state index in [1.807, 2.05) is 0 Å². The van der Waals surface area contributed by atoms with Crippen molar-refractivity contribution in [1.82, 2.24) is 0 Å². The van der Waals surface area contributed by atoms with Crippen LogP contribution in [0.25, 0.3) is 0 Å². The summed E-state index contributed by atoms with van der Waals surface area (Å²) in [4.78, 5) is 0. The van der Waals surface area contributed by atoms with Gasteiger partial charge >= 0.3 is 6.36 Å². The Morgan fingerprint density at radius 1 is 1.05 bits per heavy atom. The number of rotatable bonds is 3. The minimum atomic E-state index is -4.81. The summed E-state index contributed by atoms with van der Waals surface area (Å²) < 4.78 is 41.6. The molecule has 106 valence electrons. The molecule has 0 aliphatic rings. The maximum Gasteiger partial charge on any atom is 0.573 e. The van der Waals surface area contributed by atoms with Gasteiger partial charge in [0.1, 0.15) is 11.9 Å². The molecule has 0 saturated heterocycles. The van der Waals surface area contributed by atoms with Crippen molar-refractivity contribution in [2.45, 2.75) is 12.5 Å². The molecule has 0 heterocycles. The molecule has 0 aromatic heterocycles. The number of alkyl halides is 3. The van der Waals surface area contributed by atoms with Crippen molar-refractivity contribution in [3.63, 3.8) is 0 Å². The molecule has 0 fully saturated rings. The Hall–Kier alpha value is -1.53. The van der Waals surface area contributed by atoms with Crippen LogP contribution in [0.1, 0.15) is 17.2 Å². The molecule has 0 bridgehead atoms. The average Bonchev–Trinajstić information content (AvgIpc) is 2.37. The summed E-state index contributed by atoms with van der Waals surface area (Å²) >= 11 is 3.08. The largest absolute Gasteiger partial charge is 0.573 e. The Balaban J connectivity index is 2.41. The summed E-state index contributed by atoms with van der Waals surface area (Å²) in [6.07, 6.45) is -6.01. The number of ether oxygens (including phenoxy) is 1. The number of aliphatic hydroxyl groups excluding tert-OH is 1. The molecule has 0 saturated carbocycles. The van der Waals surface area contributed by atoms with E-state index in [2.05, 4.69) is 20.7 Å². The summed E-state index contributed by atoms with van der Waals surface area (Å²) in [7, 11) is 0. The van der Waals surface area contributed by atoms with E-state index < -0.39 is 18.2 Å². The molecule has 0 aliphatic heterocycles. The lowest BCUT2D eigenvalue weighted by Gasteiger charge is -2.18. The Bertz CT molecular complexity index is 585. The molecular weight excluding hydrogens is 337 g/mol. The van der Waals surface area contributed by atoms with Crippen molar-refractivity contribution in [3.05, 3.63) is 64.1 Å². The predicted octanol–water partition coefficient (Wildman–Crippen LogP) is 4.43. The zero-order valence-corrected chi connectivity index (χ0v) is 11.6. The van der Waals surface area contributed by atoms with E-state index in [0.717, 1.165) is 0 Å². The van der Waals surface area contributed by atoms with Gasteiger partial charge in [-0.25, -0.2) is 0 Å². The SMILES string of the molecule is OC(c1ccccc1)c1ccc(Br)cc1OC(F)(F)F. The lowest BCUT2D eigenvalue weighted by molar-refractivity contribution is -0.275. The van der Waals surface area contributed by atoms with Crippen LogP contribution in [0, 0.1) is 0 Å². The molecule has 2 rings (SSSR count). The Morgan fingerprint density at radius 3 is 2.30 bits per heavy atom. The summed E-state index contributed by atoms with van der Waals surface area (Å²) in [6.45, 7) is 0. The highest BCUT2D eigenvalue weighted by Crippen LogP contribution is 2.35. The molecule has 1 unspecified atom stereocenters. The van der Waals surface area contributed by atoms with Gasteiger partial charge in [0.05, 0.1) is 0 Å². The molecule has 0 radical (unpaired) electrons. The van der Waals surface area contributed by atoms with E-state index in [0.29, 0.717) is 10.0 Å². The van der Waals surface area contributed by atoms with Gasteiger partial charge in [-0.05, 0) is 17.7 Å². The molecule has 2 aromatic carbocycles. The minimum Gasteiger partial charge on any atom is -0.405 e. The molecule has 0 amide bonds. The maximum absolute atomic E-state index is 12.4. The second-order valence-electron chi connectivity index (χ2n) is 4.04. The monoisotopic (exact) mass is 346 g/mol. The molecule has 0 aliphatic carbocycles. The standard InChI is InChI=1S/C14H10BrF3O2/c15-10-6-7-11(12(8-10)20-14(16,17)18)13(19)9-4-2-1-3-5-9/h1-8,13,19H. The highest BCUT2D eigenvalue weighted by molar-refractivity contribution is 9.10. The first kappa shape index (κ1) is 14.9. The van der Waals surface area contributed by atoms with Gasteiger partial charge < -0.3 is 9.84 Å². The Labute approximate surface area is 121 Å². The molecule has 1 atom stereocenters. The summed E-state index contributed by atoms with van der Waals surface area (Å²) in [5.74, 6) is -0.428. The second-order valence-corrected chi connectivity index (χ2v) is 4.96. The second kappa shape index (κ2) is 5.85. The topological polar surface area (TPSA) is 29.5 Å². The summed E-state index contributed by atoms with van der Waals surface area (Å²) in [6, 6.07) is 12.5. The van der Waals surface area contributed by atoms with Crippen LogP contribution in [0.3, 0.4) is 0 Å². The van der Waals surface area contributed by atoms with Crippen LogP contribution in [0.4, 0.5) is 13.2 Å². The van der Waals surface area contributed by atoms with E-state index in [1.54, 1.807) is 36.4 Å². The van der Waals surface area contributed by atoms with Crippen molar-refractivity contribution in [2.24, 2.45) is 0 Å². The van der Waals surface area contributed by atoms with Crippen LogP contribution in [0.5, 0.6) is 5.75 Å². The highest BCUT2D eigenvalue weighted by Gasteiger charge is 2.33. The van der Waals surface area contributed by atoms with Gasteiger partial charge in [0.15, 0.2) is 0 Å². The summed E-state index contributed by atoms with van der Waals surface area (Å²) in [5.41, 5.74) is 0.540. The Morgan fingerprint density at radius 2 is 1.70 bits per heavy atom. The molecule has 6 heteroatoms. The zero-order chi connectivity index (χ0) is 14.8. The first-order valence-electron chi connectivity index (χ1n) is 5.65. The fraction of sp³-hybridized carbons (Fsp3) is 0.143. The highest BCUT2D eigenvalue weighted by atomic mass is 79.9.